The smallest absolute Gasteiger partial charge is 0.243 e. The van der Waals surface area contributed by atoms with Gasteiger partial charge in [0.05, 0.1) is 25.9 Å². The van der Waals surface area contributed by atoms with Gasteiger partial charge in [0.1, 0.15) is 0 Å². The molecule has 0 aromatic heterocycles. The van der Waals surface area contributed by atoms with Gasteiger partial charge in [0, 0.05) is 18.0 Å². The van der Waals surface area contributed by atoms with Gasteiger partial charge in [-0.15, -0.1) is 0 Å². The van der Waals surface area contributed by atoms with Crippen molar-refractivity contribution < 1.29 is 19.0 Å². The van der Waals surface area contributed by atoms with E-state index in [4.69, 9.17) is 14.2 Å². The van der Waals surface area contributed by atoms with E-state index in [1.165, 1.54) is 63.0 Å². The third-order valence-corrected chi connectivity index (χ3v) is 8.99. The molecule has 0 bridgehead atoms. The number of amides is 1. The maximum Gasteiger partial charge on any atom is 0.243 e. The Balaban J connectivity index is 1.13. The summed E-state index contributed by atoms with van der Waals surface area (Å²) in [5.74, 6) is 2.73. The van der Waals surface area contributed by atoms with Crippen molar-refractivity contribution >= 4 is 5.91 Å². The third kappa shape index (κ3) is 8.66. The minimum Gasteiger partial charge on any atom is -0.376 e. The van der Waals surface area contributed by atoms with Crippen LogP contribution in [-0.4, -0.2) is 38.4 Å². The molecular formula is C32H49NO4. The number of carbonyl (C=O) groups excluding carboxylic acids is 1. The quantitative estimate of drug-likeness (QED) is 0.241. The van der Waals surface area contributed by atoms with E-state index >= 15 is 0 Å². The molecule has 3 aliphatic rings. The Bertz CT molecular complexity index is 801. The van der Waals surface area contributed by atoms with E-state index in [1.54, 1.807) is 0 Å². The van der Waals surface area contributed by atoms with Gasteiger partial charge >= 0.3 is 0 Å². The summed E-state index contributed by atoms with van der Waals surface area (Å²) in [4.78, 5) is 11.2. The van der Waals surface area contributed by atoms with Crippen LogP contribution in [-0.2, 0) is 19.0 Å². The lowest BCUT2D eigenvalue weighted by Gasteiger charge is -2.38. The topological polar surface area (TPSA) is 56.8 Å². The Morgan fingerprint density at radius 2 is 1.62 bits per heavy atom. The molecule has 1 heterocycles. The van der Waals surface area contributed by atoms with Gasteiger partial charge < -0.3 is 19.5 Å². The fourth-order valence-corrected chi connectivity index (χ4v) is 6.57. The second-order valence-corrected chi connectivity index (χ2v) is 11.5. The summed E-state index contributed by atoms with van der Waals surface area (Å²) in [6.45, 7) is 8.52. The summed E-state index contributed by atoms with van der Waals surface area (Å²) in [5.41, 5.74) is 2.55. The number of ether oxygens (including phenoxy) is 3. The van der Waals surface area contributed by atoms with Crippen LogP contribution in [0.15, 0.2) is 36.9 Å². The molecule has 206 valence electrons. The van der Waals surface area contributed by atoms with E-state index < -0.39 is 0 Å². The van der Waals surface area contributed by atoms with Crippen molar-refractivity contribution in [2.75, 3.05) is 26.4 Å². The first-order chi connectivity index (χ1) is 18.2. The minimum atomic E-state index is -0.221. The fraction of sp³-hybridized carbons (Fsp3) is 0.719. The van der Waals surface area contributed by atoms with Gasteiger partial charge in [-0.2, -0.15) is 0 Å². The highest BCUT2D eigenvalue weighted by atomic mass is 16.7. The van der Waals surface area contributed by atoms with Crippen LogP contribution >= 0.6 is 0 Å². The van der Waals surface area contributed by atoms with Crippen LogP contribution in [0.3, 0.4) is 0 Å². The van der Waals surface area contributed by atoms with E-state index in [2.05, 4.69) is 43.1 Å². The molecule has 37 heavy (non-hydrogen) atoms. The van der Waals surface area contributed by atoms with E-state index in [0.29, 0.717) is 31.1 Å². The minimum absolute atomic E-state index is 0.144. The zero-order chi connectivity index (χ0) is 25.9. The Kier molecular flexibility index (Phi) is 11.5. The summed E-state index contributed by atoms with van der Waals surface area (Å²) in [6, 6.07) is 8.94. The zero-order valence-corrected chi connectivity index (χ0v) is 23.0. The second kappa shape index (κ2) is 15.0. The van der Waals surface area contributed by atoms with E-state index in [9.17, 15) is 4.79 Å². The standard InChI is InChI=1S/C32H49NO4/c1-3-5-6-7-24-8-10-27(11-9-24)29-22-36-32(37-23-29)28-14-12-25(13-15-28)26-16-18-30(19-17-26)35-21-20-33-31(34)4-2/h4,12-15,24,26-27,29-30,32H,2-3,5-11,16-23H2,1H3,(H,33,34). The molecule has 2 aliphatic carbocycles. The van der Waals surface area contributed by atoms with Crippen molar-refractivity contribution in [1.29, 1.82) is 0 Å². The molecule has 2 saturated carbocycles. The molecule has 5 heteroatoms. The van der Waals surface area contributed by atoms with E-state index in [0.717, 1.165) is 56.3 Å². The Morgan fingerprint density at radius 3 is 2.27 bits per heavy atom. The first-order valence-electron chi connectivity index (χ1n) is 15.0. The molecule has 5 nitrogen and oxygen atoms in total. The van der Waals surface area contributed by atoms with Gasteiger partial charge in [-0.25, -0.2) is 0 Å². The highest BCUT2D eigenvalue weighted by Crippen LogP contribution is 2.39. The molecule has 3 fully saturated rings. The third-order valence-electron chi connectivity index (χ3n) is 8.99. The largest absolute Gasteiger partial charge is 0.376 e. The molecular weight excluding hydrogens is 462 g/mol. The highest BCUT2D eigenvalue weighted by molar-refractivity contribution is 5.86. The number of carbonyl (C=O) groups is 1. The maximum atomic E-state index is 11.2. The lowest BCUT2D eigenvalue weighted by atomic mass is 9.74. The molecule has 0 atom stereocenters. The van der Waals surface area contributed by atoms with Gasteiger partial charge in [-0.3, -0.25) is 4.79 Å². The van der Waals surface area contributed by atoms with Crippen LogP contribution in [0.1, 0.15) is 107 Å². The van der Waals surface area contributed by atoms with Crippen LogP contribution in [0.2, 0.25) is 0 Å². The van der Waals surface area contributed by atoms with Crippen LogP contribution in [0.5, 0.6) is 0 Å². The summed E-state index contributed by atoms with van der Waals surface area (Å²) in [7, 11) is 0. The summed E-state index contributed by atoms with van der Waals surface area (Å²) in [5, 5.41) is 2.76. The van der Waals surface area contributed by atoms with Crippen molar-refractivity contribution in [3.05, 3.63) is 48.0 Å². The summed E-state index contributed by atoms with van der Waals surface area (Å²) >= 11 is 0. The number of benzene rings is 1. The Morgan fingerprint density at radius 1 is 0.946 bits per heavy atom. The molecule has 4 rings (SSSR count). The first kappa shape index (κ1) is 28.3. The predicted octanol–water partition coefficient (Wildman–Crippen LogP) is 7.08. The fourth-order valence-electron chi connectivity index (χ4n) is 6.57. The monoisotopic (exact) mass is 511 g/mol. The highest BCUT2D eigenvalue weighted by Gasteiger charge is 2.32. The number of unbranched alkanes of at least 4 members (excludes halogenated alkanes) is 2. The van der Waals surface area contributed by atoms with Crippen LogP contribution in [0, 0.1) is 17.8 Å². The molecule has 0 radical (unpaired) electrons. The molecule has 0 unspecified atom stereocenters. The van der Waals surface area contributed by atoms with Gasteiger partial charge in [-0.05, 0) is 67.9 Å². The Labute approximate surface area is 224 Å². The van der Waals surface area contributed by atoms with Crippen LogP contribution in [0.4, 0.5) is 0 Å². The van der Waals surface area contributed by atoms with Crippen molar-refractivity contribution in [1.82, 2.24) is 5.32 Å². The average molecular weight is 512 g/mol. The Hall–Kier alpha value is -1.69. The zero-order valence-electron chi connectivity index (χ0n) is 23.0. The van der Waals surface area contributed by atoms with Crippen molar-refractivity contribution in [3.8, 4) is 0 Å². The molecule has 1 amide bonds. The van der Waals surface area contributed by atoms with Gasteiger partial charge in [-0.1, -0.05) is 76.3 Å². The molecule has 1 saturated heterocycles. The number of hydrogen-bond acceptors (Lipinski definition) is 4. The summed E-state index contributed by atoms with van der Waals surface area (Å²) < 4.78 is 18.4. The summed E-state index contributed by atoms with van der Waals surface area (Å²) in [6.07, 6.45) is 16.9. The molecule has 1 aromatic rings. The van der Waals surface area contributed by atoms with Crippen LogP contribution in [0.25, 0.3) is 0 Å². The average Bonchev–Trinajstić information content (AvgIpc) is 2.96. The SMILES string of the molecule is C=CC(=O)NCCOC1CCC(c2ccc(C3OCC(C4CCC(CCCCC)CC4)CO3)cc2)CC1. The van der Waals surface area contributed by atoms with Crippen LogP contribution < -0.4 is 5.32 Å². The van der Waals surface area contributed by atoms with Gasteiger partial charge in [0.25, 0.3) is 0 Å². The number of nitrogens with one attached hydrogen (secondary N) is 1. The lowest BCUT2D eigenvalue weighted by Crippen LogP contribution is -2.34. The van der Waals surface area contributed by atoms with E-state index in [1.807, 2.05) is 0 Å². The second-order valence-electron chi connectivity index (χ2n) is 11.5. The van der Waals surface area contributed by atoms with Gasteiger partial charge in [0.2, 0.25) is 5.91 Å². The lowest BCUT2D eigenvalue weighted by molar-refractivity contribution is -0.214. The maximum absolute atomic E-state index is 11.2. The predicted molar refractivity (Wildman–Crippen MR) is 148 cm³/mol. The van der Waals surface area contributed by atoms with Crippen molar-refractivity contribution in [2.45, 2.75) is 102 Å². The van der Waals surface area contributed by atoms with Crippen molar-refractivity contribution in [3.63, 3.8) is 0 Å². The van der Waals surface area contributed by atoms with Crippen molar-refractivity contribution in [2.24, 2.45) is 17.8 Å². The molecule has 1 N–H and O–H groups in total. The molecule has 1 aromatic carbocycles. The molecule has 1 aliphatic heterocycles. The number of rotatable bonds is 12. The van der Waals surface area contributed by atoms with E-state index in [-0.39, 0.29) is 12.2 Å². The number of hydrogen-bond donors (Lipinski definition) is 1. The normalized spacial score (nSPS) is 30.5. The molecule has 0 spiro atoms. The van der Waals surface area contributed by atoms with Gasteiger partial charge in [0.15, 0.2) is 6.29 Å². The first-order valence-corrected chi connectivity index (χ1v) is 15.0.